The number of thioether (sulfide) groups is 1. The maximum absolute atomic E-state index is 13.0. The van der Waals surface area contributed by atoms with Crippen molar-refractivity contribution in [2.45, 2.75) is 24.1 Å². The Labute approximate surface area is 176 Å². The first-order valence-electron chi connectivity index (χ1n) is 9.15. The second kappa shape index (κ2) is 9.36. The largest absolute Gasteiger partial charge is 0.486 e. The number of hydrogen-bond donors (Lipinski definition) is 0. The third kappa shape index (κ3) is 4.74. The number of nitrogens with zero attached hydrogens (tertiary/aromatic N) is 5. The molecule has 2 aromatic heterocycles. The van der Waals surface area contributed by atoms with Crippen LogP contribution in [-0.4, -0.2) is 24.9 Å². The molecule has 0 bridgehead atoms. The number of halogens is 1. The van der Waals surface area contributed by atoms with Crippen molar-refractivity contribution in [3.8, 4) is 17.1 Å². The molecule has 2 aromatic carbocycles. The highest BCUT2D eigenvalue weighted by molar-refractivity contribution is 7.98. The molecule has 0 amide bonds. The summed E-state index contributed by atoms with van der Waals surface area (Å²) in [5.74, 6) is 2.37. The molecule has 0 aliphatic rings. The minimum Gasteiger partial charge on any atom is -0.486 e. The van der Waals surface area contributed by atoms with Crippen LogP contribution in [0.5, 0.6) is 5.75 Å². The number of ether oxygens (including phenoxy) is 1. The molecule has 4 aromatic rings. The van der Waals surface area contributed by atoms with Crippen LogP contribution in [0.1, 0.15) is 11.7 Å². The predicted molar refractivity (Wildman–Crippen MR) is 110 cm³/mol. The second-order valence-electron chi connectivity index (χ2n) is 6.21. The van der Waals surface area contributed by atoms with Crippen LogP contribution in [0.2, 0.25) is 0 Å². The van der Waals surface area contributed by atoms with Gasteiger partial charge in [0.1, 0.15) is 18.2 Å². The average molecular weight is 423 g/mol. The van der Waals surface area contributed by atoms with E-state index in [1.165, 1.54) is 23.9 Å². The second-order valence-corrected chi connectivity index (χ2v) is 7.15. The Kier molecular flexibility index (Phi) is 6.19. The standard InChI is InChI=1S/C21H18FN5O2S/c1-2-12-27-18(13-28-17-10-8-16(22)9-11-17)24-25-21(27)30-14-19-23-20(26-29-19)15-6-4-3-5-7-15/h2-11H,1,12-14H2. The Balaban J connectivity index is 1.42. The van der Waals surface area contributed by atoms with E-state index in [0.29, 0.717) is 40.7 Å². The minimum absolute atomic E-state index is 0.200. The Morgan fingerprint density at radius 2 is 1.90 bits per heavy atom. The fourth-order valence-corrected chi connectivity index (χ4v) is 3.47. The van der Waals surface area contributed by atoms with Gasteiger partial charge in [-0.3, -0.25) is 4.57 Å². The fraction of sp³-hybridized carbons (Fsp3) is 0.143. The Morgan fingerprint density at radius 3 is 2.67 bits per heavy atom. The maximum Gasteiger partial charge on any atom is 0.237 e. The van der Waals surface area contributed by atoms with Crippen LogP contribution in [0.4, 0.5) is 4.39 Å². The molecule has 0 aliphatic carbocycles. The van der Waals surface area contributed by atoms with E-state index in [1.54, 1.807) is 18.2 Å². The number of aromatic nitrogens is 5. The van der Waals surface area contributed by atoms with Gasteiger partial charge in [0, 0.05) is 12.1 Å². The van der Waals surface area contributed by atoms with E-state index in [2.05, 4.69) is 26.9 Å². The SMILES string of the molecule is C=CCn1c(COc2ccc(F)cc2)nnc1SCc1nc(-c2ccccc2)no1. The van der Waals surface area contributed by atoms with Crippen molar-refractivity contribution in [1.82, 2.24) is 24.9 Å². The van der Waals surface area contributed by atoms with E-state index in [-0.39, 0.29) is 12.4 Å². The van der Waals surface area contributed by atoms with Crippen molar-refractivity contribution >= 4 is 11.8 Å². The van der Waals surface area contributed by atoms with Crippen LogP contribution in [0, 0.1) is 5.82 Å². The summed E-state index contributed by atoms with van der Waals surface area (Å²) in [4.78, 5) is 4.43. The molecule has 0 aliphatic heterocycles. The highest BCUT2D eigenvalue weighted by Gasteiger charge is 2.15. The van der Waals surface area contributed by atoms with E-state index >= 15 is 0 Å². The molecular formula is C21H18FN5O2S. The number of hydrogen-bond acceptors (Lipinski definition) is 7. The van der Waals surface area contributed by atoms with Crippen molar-refractivity contribution in [3.05, 3.63) is 84.8 Å². The molecule has 0 radical (unpaired) electrons. The van der Waals surface area contributed by atoms with Crippen LogP contribution >= 0.6 is 11.8 Å². The van der Waals surface area contributed by atoms with E-state index in [0.717, 1.165) is 5.56 Å². The van der Waals surface area contributed by atoms with Crippen molar-refractivity contribution < 1.29 is 13.7 Å². The molecule has 0 saturated heterocycles. The topological polar surface area (TPSA) is 78.9 Å². The van der Waals surface area contributed by atoms with Gasteiger partial charge in [-0.05, 0) is 24.3 Å². The number of rotatable bonds is 9. The molecule has 7 nitrogen and oxygen atoms in total. The summed E-state index contributed by atoms with van der Waals surface area (Å²) in [5, 5.41) is 13.2. The lowest BCUT2D eigenvalue weighted by Gasteiger charge is -2.08. The van der Waals surface area contributed by atoms with E-state index in [4.69, 9.17) is 9.26 Å². The molecule has 0 fully saturated rings. The Bertz CT molecular complexity index is 1110. The molecule has 0 atom stereocenters. The lowest BCUT2D eigenvalue weighted by molar-refractivity contribution is 0.288. The molecule has 152 valence electrons. The van der Waals surface area contributed by atoms with Gasteiger partial charge in [0.05, 0.1) is 5.75 Å². The van der Waals surface area contributed by atoms with Crippen LogP contribution in [0.15, 0.2) is 76.9 Å². The molecule has 9 heteroatoms. The summed E-state index contributed by atoms with van der Waals surface area (Å²) in [6, 6.07) is 15.5. The normalized spacial score (nSPS) is 10.8. The fourth-order valence-electron chi connectivity index (χ4n) is 2.67. The van der Waals surface area contributed by atoms with Gasteiger partial charge in [0.2, 0.25) is 11.7 Å². The zero-order valence-electron chi connectivity index (χ0n) is 15.9. The highest BCUT2D eigenvalue weighted by Crippen LogP contribution is 2.24. The van der Waals surface area contributed by atoms with E-state index in [9.17, 15) is 4.39 Å². The van der Waals surface area contributed by atoms with Gasteiger partial charge in [-0.2, -0.15) is 4.98 Å². The molecular weight excluding hydrogens is 405 g/mol. The van der Waals surface area contributed by atoms with E-state index < -0.39 is 0 Å². The van der Waals surface area contributed by atoms with Crippen molar-refractivity contribution in [2.24, 2.45) is 0 Å². The first-order chi connectivity index (χ1) is 14.7. The van der Waals surface area contributed by atoms with Crippen molar-refractivity contribution in [2.75, 3.05) is 0 Å². The first kappa shape index (κ1) is 19.8. The average Bonchev–Trinajstić information content (AvgIpc) is 3.40. The lowest BCUT2D eigenvalue weighted by atomic mass is 10.2. The summed E-state index contributed by atoms with van der Waals surface area (Å²) in [6.45, 7) is 4.52. The predicted octanol–water partition coefficient (Wildman–Crippen LogP) is 4.52. The summed E-state index contributed by atoms with van der Waals surface area (Å²) < 4.78 is 26.0. The van der Waals surface area contributed by atoms with Gasteiger partial charge < -0.3 is 9.26 Å². The molecule has 2 heterocycles. The molecule has 30 heavy (non-hydrogen) atoms. The summed E-state index contributed by atoms with van der Waals surface area (Å²) in [7, 11) is 0. The zero-order chi connectivity index (χ0) is 20.8. The van der Waals surface area contributed by atoms with E-state index in [1.807, 2.05) is 34.9 Å². The Morgan fingerprint density at radius 1 is 1.10 bits per heavy atom. The maximum atomic E-state index is 13.0. The minimum atomic E-state index is -0.313. The van der Waals surface area contributed by atoms with Gasteiger partial charge in [0.25, 0.3) is 0 Å². The Hall–Kier alpha value is -3.46. The quantitative estimate of drug-likeness (QED) is 0.289. The van der Waals surface area contributed by atoms with Crippen LogP contribution in [0.25, 0.3) is 11.4 Å². The van der Waals surface area contributed by atoms with Gasteiger partial charge in [0.15, 0.2) is 11.0 Å². The highest BCUT2D eigenvalue weighted by atomic mass is 32.2. The third-order valence-electron chi connectivity index (χ3n) is 4.11. The molecule has 0 unspecified atom stereocenters. The number of allylic oxidation sites excluding steroid dienone is 1. The van der Waals surface area contributed by atoms with Crippen LogP contribution < -0.4 is 4.74 Å². The molecule has 4 rings (SSSR count). The van der Waals surface area contributed by atoms with Crippen molar-refractivity contribution in [1.29, 1.82) is 0 Å². The van der Waals surface area contributed by atoms with Crippen LogP contribution in [-0.2, 0) is 18.9 Å². The summed E-state index contributed by atoms with van der Waals surface area (Å²) in [6.07, 6.45) is 1.76. The van der Waals surface area contributed by atoms with Gasteiger partial charge in [-0.25, -0.2) is 4.39 Å². The summed E-state index contributed by atoms with van der Waals surface area (Å²) in [5.41, 5.74) is 0.896. The molecule has 0 saturated carbocycles. The zero-order valence-corrected chi connectivity index (χ0v) is 16.8. The molecule has 0 N–H and O–H groups in total. The smallest absolute Gasteiger partial charge is 0.237 e. The lowest BCUT2D eigenvalue weighted by Crippen LogP contribution is -2.07. The van der Waals surface area contributed by atoms with Gasteiger partial charge >= 0.3 is 0 Å². The van der Waals surface area contributed by atoms with Gasteiger partial charge in [-0.15, -0.1) is 16.8 Å². The summed E-state index contributed by atoms with van der Waals surface area (Å²) >= 11 is 1.43. The third-order valence-corrected chi connectivity index (χ3v) is 5.06. The van der Waals surface area contributed by atoms with Crippen LogP contribution in [0.3, 0.4) is 0 Å². The van der Waals surface area contributed by atoms with Gasteiger partial charge in [-0.1, -0.05) is 53.3 Å². The molecule has 0 spiro atoms. The van der Waals surface area contributed by atoms with Crippen molar-refractivity contribution in [3.63, 3.8) is 0 Å². The number of benzene rings is 2. The monoisotopic (exact) mass is 423 g/mol. The first-order valence-corrected chi connectivity index (χ1v) is 10.1.